The van der Waals surface area contributed by atoms with Crippen molar-refractivity contribution in [3.63, 3.8) is 0 Å². The number of nitrogens with zero attached hydrogens (tertiary/aromatic N) is 5. The van der Waals surface area contributed by atoms with E-state index in [1.807, 2.05) is 41.7 Å². The second-order valence-electron chi connectivity index (χ2n) is 37.1. The topological polar surface area (TPSA) is 77.2 Å². The molecule has 22 aromatic carbocycles. The summed E-state index contributed by atoms with van der Waals surface area (Å²) in [6.45, 7) is 0. The Balaban J connectivity index is 0.000000105. The van der Waals surface area contributed by atoms with Gasteiger partial charge in [0.2, 0.25) is 0 Å². The molecule has 142 heavy (non-hydrogen) atoms. The van der Waals surface area contributed by atoms with E-state index in [1.165, 1.54) is 124 Å². The van der Waals surface area contributed by atoms with E-state index in [-0.39, 0.29) is 0 Å². The van der Waals surface area contributed by atoms with Crippen molar-refractivity contribution in [3.8, 4) is 72.9 Å². The number of thiophene rings is 1. The molecular weight excluding hydrogens is 1750 g/mol. The first kappa shape index (κ1) is 79.5. The smallest absolute Gasteiger partial charge is 0.143 e. The lowest BCUT2D eigenvalue weighted by Gasteiger charge is -2.15. The molecule has 662 valence electrons. The molecule has 0 N–H and O–H groups in total. The molecule has 0 radical (unpaired) electrons. The predicted octanol–water partition coefficient (Wildman–Crippen LogP) is 37.2. The van der Waals surface area contributed by atoms with Gasteiger partial charge in [-0.2, -0.15) is 0 Å². The molecule has 0 amide bonds. The van der Waals surface area contributed by atoms with Crippen LogP contribution in [0.4, 0.5) is 0 Å². The highest BCUT2D eigenvalue weighted by Gasteiger charge is 2.27. The Hall–Kier alpha value is -18.7. The number of hydrogen-bond acceptors (Lipinski definition) is 5. The largest absolute Gasteiger partial charge is 0.456 e. The number of para-hydroxylation sites is 9. The molecular formula is C132H79N5O4S. The van der Waals surface area contributed by atoms with Gasteiger partial charge in [-0.15, -0.1) is 11.3 Å². The quantitative estimate of drug-likeness (QED) is 0.144. The van der Waals surface area contributed by atoms with Gasteiger partial charge in [-0.05, 0) is 243 Å². The maximum atomic E-state index is 6.76. The number of rotatable bonds is 9. The van der Waals surface area contributed by atoms with Crippen molar-refractivity contribution in [2.45, 2.75) is 0 Å². The molecule has 10 aromatic heterocycles. The maximum Gasteiger partial charge on any atom is 0.143 e. The van der Waals surface area contributed by atoms with Crippen LogP contribution in [0.5, 0.6) is 0 Å². The fourth-order valence-corrected chi connectivity index (χ4v) is 24.5. The molecule has 0 aliphatic carbocycles. The van der Waals surface area contributed by atoms with Gasteiger partial charge >= 0.3 is 0 Å². The first-order valence-electron chi connectivity index (χ1n) is 48.3. The monoisotopic (exact) mass is 1830 g/mol. The molecule has 0 aliphatic rings. The Bertz CT molecular complexity index is 10300. The Labute approximate surface area is 815 Å². The summed E-state index contributed by atoms with van der Waals surface area (Å²) in [4.78, 5) is 0. The molecule has 0 saturated carbocycles. The van der Waals surface area contributed by atoms with Crippen LogP contribution in [0, 0.1) is 0 Å². The molecule has 0 saturated heterocycles. The lowest BCUT2D eigenvalue weighted by molar-refractivity contribution is 0.663. The zero-order valence-electron chi connectivity index (χ0n) is 76.4. The number of aromatic nitrogens is 5. The second kappa shape index (κ2) is 31.4. The van der Waals surface area contributed by atoms with E-state index in [0.717, 1.165) is 166 Å². The van der Waals surface area contributed by atoms with E-state index in [9.17, 15) is 0 Å². The molecule has 0 fully saturated rings. The van der Waals surface area contributed by atoms with Crippen molar-refractivity contribution >= 4 is 228 Å². The van der Waals surface area contributed by atoms with Gasteiger partial charge in [0.15, 0.2) is 0 Å². The van der Waals surface area contributed by atoms with Crippen molar-refractivity contribution in [3.05, 3.63) is 479 Å². The SMILES string of the molecule is c1ccc(-n2c3ccccc3c3cc(-c4cc(-c5ccc6c(c5)c5ccccc5n6-c5ccccc5)cc(-n5c6cccc7oc8ccccc8c8cccc5c8c76)c4)ccc32)cc1.c1ccc2c(c1)oc1c(-c3ccc(-n4c5cccc6oc7ccccc7c7cccc4c7c65)cc3)cccc12.c1ccc2c(c1)oc1cccc3c1c1c2cccc1n3-c1ccc(-c2cccc3c2sc2ccccc23)cc1. The maximum absolute atomic E-state index is 6.76. The van der Waals surface area contributed by atoms with Crippen molar-refractivity contribution in [1.29, 1.82) is 0 Å². The highest BCUT2D eigenvalue weighted by Crippen LogP contribution is 2.50. The van der Waals surface area contributed by atoms with Crippen LogP contribution in [-0.2, 0) is 0 Å². The average molecular weight is 1830 g/mol. The number of benzene rings is 22. The third-order valence-electron chi connectivity index (χ3n) is 29.4. The Morgan fingerprint density at radius 2 is 0.444 bits per heavy atom. The van der Waals surface area contributed by atoms with Crippen LogP contribution < -0.4 is 0 Å². The minimum absolute atomic E-state index is 0.871. The third-order valence-corrected chi connectivity index (χ3v) is 30.6. The summed E-state index contributed by atoms with van der Waals surface area (Å²) in [6.07, 6.45) is 0. The molecule has 10 heterocycles. The normalized spacial score (nSPS) is 12.1. The third kappa shape index (κ3) is 12.1. The summed E-state index contributed by atoms with van der Waals surface area (Å²) in [5, 5.41) is 23.9. The van der Waals surface area contributed by atoms with E-state index < -0.39 is 0 Å². The summed E-state index contributed by atoms with van der Waals surface area (Å²) in [7, 11) is 0. The van der Waals surface area contributed by atoms with Crippen LogP contribution in [0.2, 0.25) is 0 Å². The van der Waals surface area contributed by atoms with Crippen molar-refractivity contribution in [2.75, 3.05) is 0 Å². The fourth-order valence-electron chi connectivity index (χ4n) is 23.3. The van der Waals surface area contributed by atoms with Gasteiger partial charge in [0, 0.05) is 119 Å². The number of fused-ring (bicyclic) bond motifs is 18. The number of hydrogen-bond donors (Lipinski definition) is 0. The van der Waals surface area contributed by atoms with Gasteiger partial charge in [0.05, 0.1) is 71.3 Å². The van der Waals surface area contributed by atoms with Gasteiger partial charge in [-0.1, -0.05) is 291 Å². The summed E-state index contributed by atoms with van der Waals surface area (Å²) in [5.74, 6) is 0. The van der Waals surface area contributed by atoms with Crippen LogP contribution in [0.25, 0.3) is 290 Å². The lowest BCUT2D eigenvalue weighted by Crippen LogP contribution is -1.96. The standard InChI is InChI=1S/C60H37N3O.C36H21NO2.C36H21NOS/c1-3-15-42(16-4-1)61-51-23-10-7-19-45(51)49-36-38(29-31-53(49)61)40-33-41(39-30-32-54-50(37-39)46-20-8-11-24-52(46)62(54)43-17-5-2-6-18-43)35-44(34-40)63-55-25-13-22-48-47-21-9-12-27-57(47)64-58-28-14-26-56(63)60(58)59(48)55;1-3-15-31-25(8-1)27-11-6-13-29-34(27)35-30(14-7-17-33(35)38-31)37(29)23-20-18-22(19-21-23)24-10-5-12-28-26-9-2-4-16-32(26)39-36(24)28;1-3-15-31-25(8-1)27-11-6-13-29-34(27)35-30(14-7-16-32(35)38-31)37(29)23-20-18-22(19-21-23)24-10-5-12-28-26-9-2-4-17-33(26)39-36(24)28/h1-37H;2*1-21H. The molecule has 0 spiro atoms. The Morgan fingerprint density at radius 3 is 0.901 bits per heavy atom. The second-order valence-corrected chi connectivity index (χ2v) is 38.2. The molecule has 32 rings (SSSR count). The van der Waals surface area contributed by atoms with E-state index in [4.69, 9.17) is 17.7 Å². The molecule has 9 nitrogen and oxygen atoms in total. The first-order chi connectivity index (χ1) is 70.4. The van der Waals surface area contributed by atoms with Gasteiger partial charge in [-0.3, -0.25) is 0 Å². The van der Waals surface area contributed by atoms with Crippen LogP contribution in [0.1, 0.15) is 0 Å². The van der Waals surface area contributed by atoms with Gasteiger partial charge in [-0.25, -0.2) is 0 Å². The summed E-state index contributed by atoms with van der Waals surface area (Å²) < 4.78 is 40.7. The number of furan rings is 1. The van der Waals surface area contributed by atoms with Crippen molar-refractivity contribution in [1.82, 2.24) is 22.8 Å². The van der Waals surface area contributed by atoms with Gasteiger partial charge < -0.3 is 40.5 Å². The molecule has 0 unspecified atom stereocenters. The Kier molecular flexibility index (Phi) is 17.6. The summed E-state index contributed by atoms with van der Waals surface area (Å²) >= 11 is 1.88. The van der Waals surface area contributed by atoms with Crippen molar-refractivity contribution < 1.29 is 17.7 Å². The highest BCUT2D eigenvalue weighted by atomic mass is 32.1. The molecule has 0 aliphatic heterocycles. The zero-order chi connectivity index (χ0) is 92.9. The molecule has 0 atom stereocenters. The summed E-state index contributed by atoms with van der Waals surface area (Å²) in [6, 6.07) is 172. The minimum Gasteiger partial charge on any atom is -0.456 e. The Morgan fingerprint density at radius 1 is 0.148 bits per heavy atom. The van der Waals surface area contributed by atoms with E-state index in [1.54, 1.807) is 0 Å². The van der Waals surface area contributed by atoms with E-state index in [0.29, 0.717) is 0 Å². The van der Waals surface area contributed by atoms with Crippen LogP contribution >= 0.6 is 11.3 Å². The molecule has 10 heteroatoms. The van der Waals surface area contributed by atoms with E-state index in [2.05, 4.69) is 472 Å². The molecule has 0 bridgehead atoms. The van der Waals surface area contributed by atoms with Crippen LogP contribution in [-0.4, -0.2) is 22.8 Å². The lowest BCUT2D eigenvalue weighted by atomic mass is 9.96. The van der Waals surface area contributed by atoms with Gasteiger partial charge in [0.25, 0.3) is 0 Å². The van der Waals surface area contributed by atoms with E-state index >= 15 is 0 Å². The highest BCUT2D eigenvalue weighted by molar-refractivity contribution is 7.26. The van der Waals surface area contributed by atoms with Crippen molar-refractivity contribution in [2.24, 2.45) is 0 Å². The fraction of sp³-hybridized carbons (Fsp3) is 0. The summed E-state index contributed by atoms with van der Waals surface area (Å²) in [5.41, 5.74) is 33.9. The van der Waals surface area contributed by atoms with Crippen LogP contribution in [0.15, 0.2) is 497 Å². The average Bonchev–Trinajstić information content (AvgIpc) is 1.57. The van der Waals surface area contributed by atoms with Crippen LogP contribution in [0.3, 0.4) is 0 Å². The molecule has 32 aromatic rings. The predicted molar refractivity (Wildman–Crippen MR) is 595 cm³/mol. The first-order valence-corrected chi connectivity index (χ1v) is 49.1. The zero-order valence-corrected chi connectivity index (χ0v) is 77.2. The minimum atomic E-state index is 0.871. The van der Waals surface area contributed by atoms with Gasteiger partial charge in [0.1, 0.15) is 44.7 Å².